The van der Waals surface area contributed by atoms with Crippen LogP contribution in [0.4, 0.5) is 10.5 Å². The van der Waals surface area contributed by atoms with Crippen molar-refractivity contribution >= 4 is 21.8 Å². The van der Waals surface area contributed by atoms with Gasteiger partial charge in [-0.05, 0) is 0 Å². The van der Waals surface area contributed by atoms with Crippen molar-refractivity contribution in [2.45, 2.75) is 6.10 Å². The minimum absolute atomic E-state index is 0.00545. The van der Waals surface area contributed by atoms with Gasteiger partial charge < -0.3 is 18.9 Å². The third-order valence-corrected chi connectivity index (χ3v) is 4.10. The van der Waals surface area contributed by atoms with E-state index in [1.54, 1.807) is 12.1 Å². The Kier molecular flexibility index (Phi) is 5.40. The lowest BCUT2D eigenvalue weighted by atomic mass is 10.2. The zero-order chi connectivity index (χ0) is 17.9. The van der Waals surface area contributed by atoms with Crippen molar-refractivity contribution in [2.75, 3.05) is 45.6 Å². The Morgan fingerprint density at radius 3 is 2.25 bits per heavy atom. The number of carbonyl (C=O) groups is 1. The highest BCUT2D eigenvalue weighted by atomic mass is 32.2. The van der Waals surface area contributed by atoms with Gasteiger partial charge in [0.05, 0.1) is 39.8 Å². The zero-order valence-electron chi connectivity index (χ0n) is 13.9. The van der Waals surface area contributed by atoms with Crippen LogP contribution in [-0.2, 0) is 14.8 Å². The summed E-state index contributed by atoms with van der Waals surface area (Å²) in [5.41, 5.74) is 0.497. The van der Waals surface area contributed by atoms with Gasteiger partial charge in [-0.2, -0.15) is 0 Å². The molecule has 134 valence electrons. The van der Waals surface area contributed by atoms with Gasteiger partial charge in [-0.1, -0.05) is 0 Å². The lowest BCUT2D eigenvalue weighted by Gasteiger charge is -2.18. The van der Waals surface area contributed by atoms with Crippen molar-refractivity contribution in [3.8, 4) is 17.2 Å². The molecule has 10 heteroatoms. The fourth-order valence-electron chi connectivity index (χ4n) is 2.31. The molecular formula is C14H20N2O7S. The molecule has 1 atom stereocenters. The van der Waals surface area contributed by atoms with Crippen LogP contribution in [0.25, 0.3) is 0 Å². The highest BCUT2D eigenvalue weighted by Gasteiger charge is 2.33. The van der Waals surface area contributed by atoms with Gasteiger partial charge in [0.25, 0.3) is 0 Å². The highest BCUT2D eigenvalue weighted by molar-refractivity contribution is 7.88. The molecule has 1 aromatic rings. The number of hydrogen-bond acceptors (Lipinski definition) is 7. The molecule has 1 N–H and O–H groups in total. The Balaban J connectivity index is 2.23. The SMILES string of the molecule is COc1cc(N2CC(CNS(C)(=O)=O)OC2=O)cc(OC)c1OC. The third kappa shape index (κ3) is 4.01. The van der Waals surface area contributed by atoms with Crippen LogP contribution in [0.2, 0.25) is 0 Å². The second kappa shape index (κ2) is 7.14. The molecule has 0 aliphatic carbocycles. The van der Waals surface area contributed by atoms with Gasteiger partial charge >= 0.3 is 6.09 Å². The monoisotopic (exact) mass is 360 g/mol. The number of amides is 1. The lowest BCUT2D eigenvalue weighted by molar-refractivity contribution is 0.143. The molecule has 1 aliphatic heterocycles. The summed E-state index contributed by atoms with van der Waals surface area (Å²) in [6.07, 6.45) is -0.128. The average molecular weight is 360 g/mol. The molecule has 9 nitrogen and oxygen atoms in total. The summed E-state index contributed by atoms with van der Waals surface area (Å²) in [5.74, 6) is 1.21. The molecule has 1 heterocycles. The Labute approximate surface area is 140 Å². The number of benzene rings is 1. The highest BCUT2D eigenvalue weighted by Crippen LogP contribution is 2.41. The number of nitrogens with zero attached hydrogens (tertiary/aromatic N) is 1. The first-order chi connectivity index (χ1) is 11.3. The number of methoxy groups -OCH3 is 3. The maximum Gasteiger partial charge on any atom is 0.414 e. The van der Waals surface area contributed by atoms with Crippen molar-refractivity contribution in [3.05, 3.63) is 12.1 Å². The van der Waals surface area contributed by atoms with Crippen LogP contribution in [0.1, 0.15) is 0 Å². The summed E-state index contributed by atoms with van der Waals surface area (Å²) < 4.78 is 45.5. The molecule has 0 radical (unpaired) electrons. The number of ether oxygens (including phenoxy) is 4. The zero-order valence-corrected chi connectivity index (χ0v) is 14.7. The summed E-state index contributed by atoms with van der Waals surface area (Å²) in [5, 5.41) is 0. The summed E-state index contributed by atoms with van der Waals surface area (Å²) in [7, 11) is 1.07. The number of anilines is 1. The first kappa shape index (κ1) is 18.1. The van der Waals surface area contributed by atoms with Crippen molar-refractivity contribution < 1.29 is 32.2 Å². The second-order valence-corrected chi connectivity index (χ2v) is 6.95. The summed E-state index contributed by atoms with van der Waals surface area (Å²) in [6.45, 7) is 0.200. The first-order valence-electron chi connectivity index (χ1n) is 7.01. The van der Waals surface area contributed by atoms with E-state index in [0.717, 1.165) is 6.26 Å². The van der Waals surface area contributed by atoms with E-state index in [-0.39, 0.29) is 13.1 Å². The van der Waals surface area contributed by atoms with Gasteiger partial charge in [0, 0.05) is 18.7 Å². The van der Waals surface area contributed by atoms with Crippen LogP contribution >= 0.6 is 0 Å². The first-order valence-corrected chi connectivity index (χ1v) is 8.91. The van der Waals surface area contributed by atoms with E-state index < -0.39 is 22.2 Å². The molecule has 1 saturated heterocycles. The number of rotatable bonds is 7. The van der Waals surface area contributed by atoms with E-state index in [1.165, 1.54) is 26.2 Å². The molecule has 1 aliphatic rings. The normalized spacial score (nSPS) is 17.6. The van der Waals surface area contributed by atoms with E-state index in [0.29, 0.717) is 22.9 Å². The van der Waals surface area contributed by atoms with Crippen molar-refractivity contribution in [2.24, 2.45) is 0 Å². The number of carbonyl (C=O) groups excluding carboxylic acids is 1. The fourth-order valence-corrected chi connectivity index (χ4v) is 2.79. The third-order valence-electron chi connectivity index (χ3n) is 3.41. The van der Waals surface area contributed by atoms with Crippen LogP contribution in [0.3, 0.4) is 0 Å². The fraction of sp³-hybridized carbons (Fsp3) is 0.500. The predicted octanol–water partition coefficient (Wildman–Crippen LogP) is 0.587. The quantitative estimate of drug-likeness (QED) is 0.759. The summed E-state index contributed by atoms with van der Waals surface area (Å²) in [6, 6.07) is 3.24. The number of hydrogen-bond donors (Lipinski definition) is 1. The van der Waals surface area contributed by atoms with E-state index in [2.05, 4.69) is 4.72 Å². The largest absolute Gasteiger partial charge is 0.493 e. The number of nitrogens with one attached hydrogen (secondary N) is 1. The molecule has 2 rings (SSSR count). The Hall–Kier alpha value is -2.20. The summed E-state index contributed by atoms with van der Waals surface area (Å²) in [4.78, 5) is 13.5. The lowest BCUT2D eigenvalue weighted by Crippen LogP contribution is -2.34. The van der Waals surface area contributed by atoms with Gasteiger partial charge in [-0.3, -0.25) is 4.90 Å². The Bertz CT molecular complexity index is 695. The van der Waals surface area contributed by atoms with Crippen LogP contribution in [0.5, 0.6) is 17.2 Å². The second-order valence-electron chi connectivity index (χ2n) is 5.12. The number of cyclic esters (lactones) is 1. The van der Waals surface area contributed by atoms with Crippen LogP contribution < -0.4 is 23.8 Å². The van der Waals surface area contributed by atoms with Gasteiger partial charge in [0.1, 0.15) is 6.10 Å². The molecule has 0 spiro atoms. The van der Waals surface area contributed by atoms with Crippen molar-refractivity contribution in [1.29, 1.82) is 0 Å². The van der Waals surface area contributed by atoms with Crippen LogP contribution in [0, 0.1) is 0 Å². The standard InChI is InChI=1S/C14H20N2O7S/c1-20-11-5-9(6-12(21-2)13(11)22-3)16-8-10(23-14(16)17)7-15-24(4,18)19/h5-6,10,15H,7-8H2,1-4H3. The number of sulfonamides is 1. The van der Waals surface area contributed by atoms with Crippen LogP contribution in [0.15, 0.2) is 12.1 Å². The van der Waals surface area contributed by atoms with E-state index in [1.807, 2.05) is 0 Å². The molecule has 1 amide bonds. The Morgan fingerprint density at radius 1 is 1.21 bits per heavy atom. The van der Waals surface area contributed by atoms with Crippen molar-refractivity contribution in [3.63, 3.8) is 0 Å². The maximum absolute atomic E-state index is 12.1. The van der Waals surface area contributed by atoms with Crippen molar-refractivity contribution in [1.82, 2.24) is 4.72 Å². The molecule has 0 bridgehead atoms. The Morgan fingerprint density at radius 2 is 1.79 bits per heavy atom. The molecule has 1 unspecified atom stereocenters. The van der Waals surface area contributed by atoms with E-state index >= 15 is 0 Å². The maximum atomic E-state index is 12.1. The molecule has 1 fully saturated rings. The van der Waals surface area contributed by atoms with Gasteiger partial charge in [0.2, 0.25) is 15.8 Å². The predicted molar refractivity (Wildman–Crippen MR) is 86.6 cm³/mol. The van der Waals surface area contributed by atoms with Crippen LogP contribution in [-0.4, -0.2) is 61.3 Å². The average Bonchev–Trinajstić information content (AvgIpc) is 2.91. The molecule has 24 heavy (non-hydrogen) atoms. The van der Waals surface area contributed by atoms with E-state index in [9.17, 15) is 13.2 Å². The van der Waals surface area contributed by atoms with Gasteiger partial charge in [0.15, 0.2) is 11.5 Å². The molecule has 0 aromatic heterocycles. The minimum Gasteiger partial charge on any atom is -0.493 e. The smallest absolute Gasteiger partial charge is 0.414 e. The summed E-state index contributed by atoms with van der Waals surface area (Å²) >= 11 is 0. The molecular weight excluding hydrogens is 340 g/mol. The topological polar surface area (TPSA) is 103 Å². The molecule has 1 aromatic carbocycles. The van der Waals surface area contributed by atoms with E-state index in [4.69, 9.17) is 18.9 Å². The van der Waals surface area contributed by atoms with Gasteiger partial charge in [-0.25, -0.2) is 17.9 Å². The van der Waals surface area contributed by atoms with Gasteiger partial charge in [-0.15, -0.1) is 0 Å². The molecule has 0 saturated carbocycles. The minimum atomic E-state index is -3.36.